The fourth-order valence-corrected chi connectivity index (χ4v) is 4.85. The Bertz CT molecular complexity index is 967. The molecule has 4 rings (SSSR count). The zero-order valence-corrected chi connectivity index (χ0v) is 19.7. The predicted molar refractivity (Wildman–Crippen MR) is 129 cm³/mol. The number of hydrogen-bond acceptors (Lipinski definition) is 3. The highest BCUT2D eigenvalue weighted by atomic mass is 35.5. The van der Waals surface area contributed by atoms with Gasteiger partial charge in [-0.25, -0.2) is 0 Å². The van der Waals surface area contributed by atoms with Crippen molar-refractivity contribution in [1.29, 1.82) is 0 Å². The molecule has 0 atom stereocenters. The van der Waals surface area contributed by atoms with Gasteiger partial charge in [0, 0.05) is 25.6 Å². The number of nitrogens with zero attached hydrogens (tertiary/aromatic N) is 2. The largest absolute Gasteiger partial charge is 0.339 e. The minimum atomic E-state index is -0.0572. The molecule has 170 valence electrons. The van der Waals surface area contributed by atoms with Crippen molar-refractivity contribution in [2.24, 2.45) is 5.92 Å². The standard InChI is InChI=1S/C25H29Cl2N3O2/c26-21-9-8-18(16-22(21)27)17-29-14-10-19(11-15-29)24(31)28-23-7-3-2-6-20(23)25(32)30-12-4-1-5-13-30/h2-3,6-9,16,19H,1,4-5,10-15,17H2,(H,28,31). The monoisotopic (exact) mass is 473 g/mol. The topological polar surface area (TPSA) is 52.7 Å². The smallest absolute Gasteiger partial charge is 0.255 e. The lowest BCUT2D eigenvalue weighted by Gasteiger charge is -2.31. The Hall–Kier alpha value is -2.08. The van der Waals surface area contributed by atoms with E-state index in [0.717, 1.165) is 64.0 Å². The fraction of sp³-hybridized carbons (Fsp3) is 0.440. The van der Waals surface area contributed by atoms with Crippen LogP contribution < -0.4 is 5.32 Å². The van der Waals surface area contributed by atoms with E-state index in [1.165, 1.54) is 6.42 Å². The number of carbonyl (C=O) groups is 2. The van der Waals surface area contributed by atoms with Crippen LogP contribution in [0.5, 0.6) is 0 Å². The first kappa shape index (κ1) is 23.1. The highest BCUT2D eigenvalue weighted by Crippen LogP contribution is 2.26. The summed E-state index contributed by atoms with van der Waals surface area (Å²) < 4.78 is 0. The molecule has 2 aliphatic heterocycles. The Morgan fingerprint density at radius 1 is 0.906 bits per heavy atom. The molecule has 2 fully saturated rings. The van der Waals surface area contributed by atoms with E-state index in [1.807, 2.05) is 47.4 Å². The average Bonchev–Trinajstić information content (AvgIpc) is 2.82. The van der Waals surface area contributed by atoms with Crippen LogP contribution in [-0.2, 0) is 11.3 Å². The molecule has 0 aliphatic carbocycles. The van der Waals surface area contributed by atoms with E-state index in [9.17, 15) is 9.59 Å². The minimum Gasteiger partial charge on any atom is -0.339 e. The Morgan fingerprint density at radius 3 is 2.34 bits per heavy atom. The molecule has 1 N–H and O–H groups in total. The zero-order valence-electron chi connectivity index (χ0n) is 18.2. The normalized spacial score (nSPS) is 17.9. The van der Waals surface area contributed by atoms with E-state index in [4.69, 9.17) is 23.2 Å². The number of anilines is 1. The first-order valence-electron chi connectivity index (χ1n) is 11.4. The molecular formula is C25H29Cl2N3O2. The van der Waals surface area contributed by atoms with Gasteiger partial charge >= 0.3 is 0 Å². The number of rotatable bonds is 5. The number of piperidine rings is 2. The van der Waals surface area contributed by atoms with Crippen molar-refractivity contribution in [3.8, 4) is 0 Å². The molecule has 32 heavy (non-hydrogen) atoms. The first-order chi connectivity index (χ1) is 15.5. The van der Waals surface area contributed by atoms with Gasteiger partial charge in [-0.15, -0.1) is 0 Å². The molecule has 7 heteroatoms. The zero-order chi connectivity index (χ0) is 22.5. The van der Waals surface area contributed by atoms with Crippen LogP contribution >= 0.6 is 23.2 Å². The first-order valence-corrected chi connectivity index (χ1v) is 12.1. The summed E-state index contributed by atoms with van der Waals surface area (Å²) in [7, 11) is 0. The van der Waals surface area contributed by atoms with Gasteiger partial charge in [0.1, 0.15) is 0 Å². The number of carbonyl (C=O) groups excluding carboxylic acids is 2. The third-order valence-electron chi connectivity index (χ3n) is 6.41. The van der Waals surface area contributed by atoms with Gasteiger partial charge < -0.3 is 10.2 Å². The Morgan fingerprint density at radius 2 is 1.62 bits per heavy atom. The molecular weight excluding hydrogens is 445 g/mol. The van der Waals surface area contributed by atoms with Crippen molar-refractivity contribution in [2.75, 3.05) is 31.5 Å². The molecule has 2 amide bonds. The van der Waals surface area contributed by atoms with E-state index in [1.54, 1.807) is 0 Å². The second-order valence-electron chi connectivity index (χ2n) is 8.69. The van der Waals surface area contributed by atoms with E-state index in [-0.39, 0.29) is 17.7 Å². The second-order valence-corrected chi connectivity index (χ2v) is 9.50. The molecule has 2 aliphatic rings. The van der Waals surface area contributed by atoms with Gasteiger partial charge in [-0.05, 0) is 75.0 Å². The summed E-state index contributed by atoms with van der Waals surface area (Å²) in [4.78, 5) is 30.2. The Balaban J connectivity index is 1.33. The maximum Gasteiger partial charge on any atom is 0.255 e. The number of hydrogen-bond donors (Lipinski definition) is 1. The van der Waals surface area contributed by atoms with Crippen LogP contribution in [0.15, 0.2) is 42.5 Å². The number of halogens is 2. The van der Waals surface area contributed by atoms with Crippen LogP contribution in [0.1, 0.15) is 48.0 Å². The van der Waals surface area contributed by atoms with E-state index in [0.29, 0.717) is 21.3 Å². The van der Waals surface area contributed by atoms with E-state index < -0.39 is 0 Å². The van der Waals surface area contributed by atoms with Gasteiger partial charge in [-0.3, -0.25) is 14.5 Å². The van der Waals surface area contributed by atoms with Gasteiger partial charge in [0.15, 0.2) is 0 Å². The molecule has 5 nitrogen and oxygen atoms in total. The summed E-state index contributed by atoms with van der Waals surface area (Å²) in [5.74, 6) is -0.0478. The van der Waals surface area contributed by atoms with Crippen LogP contribution in [0, 0.1) is 5.92 Å². The minimum absolute atomic E-state index is 0.00178. The van der Waals surface area contributed by atoms with Crippen molar-refractivity contribution in [3.05, 3.63) is 63.6 Å². The summed E-state index contributed by atoms with van der Waals surface area (Å²) in [6.45, 7) is 4.05. The van der Waals surface area contributed by atoms with Crippen LogP contribution in [0.25, 0.3) is 0 Å². The number of likely N-dealkylation sites (tertiary alicyclic amines) is 2. The molecule has 0 unspecified atom stereocenters. The summed E-state index contributed by atoms with van der Waals surface area (Å²) >= 11 is 12.1. The number of benzene rings is 2. The fourth-order valence-electron chi connectivity index (χ4n) is 4.53. The maximum atomic E-state index is 13.0. The number of para-hydroxylation sites is 1. The Kier molecular flexibility index (Phi) is 7.71. The number of nitrogens with one attached hydrogen (secondary N) is 1. The third kappa shape index (κ3) is 5.64. The van der Waals surface area contributed by atoms with Gasteiger partial charge in [0.2, 0.25) is 5.91 Å². The summed E-state index contributed by atoms with van der Waals surface area (Å²) in [5.41, 5.74) is 2.32. The van der Waals surface area contributed by atoms with Crippen molar-refractivity contribution in [2.45, 2.75) is 38.6 Å². The maximum absolute atomic E-state index is 13.0. The molecule has 0 saturated carbocycles. The Labute approximate surface area is 199 Å². The van der Waals surface area contributed by atoms with Crippen molar-refractivity contribution in [1.82, 2.24) is 9.80 Å². The summed E-state index contributed by atoms with van der Waals surface area (Å²) in [6, 6.07) is 13.1. The molecule has 2 saturated heterocycles. The molecule has 0 spiro atoms. The summed E-state index contributed by atoms with van der Waals surface area (Å²) in [6.07, 6.45) is 4.83. The van der Waals surface area contributed by atoms with Gasteiger partial charge in [-0.1, -0.05) is 41.4 Å². The molecule has 0 radical (unpaired) electrons. The van der Waals surface area contributed by atoms with Crippen LogP contribution in [-0.4, -0.2) is 47.8 Å². The molecule has 2 aromatic rings. The number of amides is 2. The van der Waals surface area contributed by atoms with Crippen LogP contribution in [0.2, 0.25) is 10.0 Å². The highest BCUT2D eigenvalue weighted by molar-refractivity contribution is 6.42. The quantitative estimate of drug-likeness (QED) is 0.625. The molecule has 0 aromatic heterocycles. The van der Waals surface area contributed by atoms with Gasteiger partial charge in [0.05, 0.1) is 21.3 Å². The van der Waals surface area contributed by atoms with Crippen molar-refractivity contribution < 1.29 is 9.59 Å². The molecule has 2 heterocycles. The van der Waals surface area contributed by atoms with E-state index in [2.05, 4.69) is 10.2 Å². The van der Waals surface area contributed by atoms with Gasteiger partial charge in [0.25, 0.3) is 5.91 Å². The second kappa shape index (κ2) is 10.7. The summed E-state index contributed by atoms with van der Waals surface area (Å²) in [5, 5.41) is 4.17. The van der Waals surface area contributed by atoms with Crippen molar-refractivity contribution in [3.63, 3.8) is 0 Å². The molecule has 0 bridgehead atoms. The lowest BCUT2D eigenvalue weighted by Crippen LogP contribution is -2.38. The lowest BCUT2D eigenvalue weighted by molar-refractivity contribution is -0.121. The average molecular weight is 474 g/mol. The lowest BCUT2D eigenvalue weighted by atomic mass is 9.95. The third-order valence-corrected chi connectivity index (χ3v) is 7.15. The van der Waals surface area contributed by atoms with Crippen molar-refractivity contribution >= 4 is 40.7 Å². The van der Waals surface area contributed by atoms with E-state index >= 15 is 0 Å². The van der Waals surface area contributed by atoms with Crippen LogP contribution in [0.4, 0.5) is 5.69 Å². The molecule has 2 aromatic carbocycles. The highest BCUT2D eigenvalue weighted by Gasteiger charge is 2.27. The SMILES string of the molecule is O=C(Nc1ccccc1C(=O)N1CCCCC1)C1CCN(Cc2ccc(Cl)c(Cl)c2)CC1. The van der Waals surface area contributed by atoms with Crippen LogP contribution in [0.3, 0.4) is 0 Å². The van der Waals surface area contributed by atoms with Gasteiger partial charge in [-0.2, -0.15) is 0 Å². The predicted octanol–water partition coefficient (Wildman–Crippen LogP) is 5.47.